The van der Waals surface area contributed by atoms with Gasteiger partial charge in [0.2, 0.25) is 0 Å². The molecule has 1 aliphatic heterocycles. The minimum absolute atomic E-state index is 0.0110. The van der Waals surface area contributed by atoms with Crippen molar-refractivity contribution in [2.45, 2.75) is 39.3 Å². The molecule has 10 heteroatoms. The fourth-order valence-corrected chi connectivity index (χ4v) is 3.45. The van der Waals surface area contributed by atoms with Crippen molar-refractivity contribution in [2.75, 3.05) is 6.54 Å². The number of aliphatic carboxylic acids is 1. The van der Waals surface area contributed by atoms with Crippen LogP contribution in [0.2, 0.25) is 0 Å². The van der Waals surface area contributed by atoms with Crippen LogP contribution < -0.4 is 5.56 Å². The van der Waals surface area contributed by atoms with E-state index in [0.29, 0.717) is 43.8 Å². The van der Waals surface area contributed by atoms with Gasteiger partial charge in [0.25, 0.3) is 11.5 Å². The van der Waals surface area contributed by atoms with Gasteiger partial charge in [0, 0.05) is 37.5 Å². The fourth-order valence-electron chi connectivity index (χ4n) is 3.45. The number of rotatable bonds is 4. The molecule has 4 rings (SSSR count). The second-order valence-electron chi connectivity index (χ2n) is 6.93. The number of aromatic amines is 1. The number of aryl methyl sites for hydroxylation is 3. The zero-order chi connectivity index (χ0) is 19.8. The lowest BCUT2D eigenvalue weighted by Crippen LogP contribution is -2.35. The Hall–Kier alpha value is -3.43. The van der Waals surface area contributed by atoms with Crippen LogP contribution in [0.25, 0.3) is 5.65 Å². The molecular weight excluding hydrogens is 364 g/mol. The van der Waals surface area contributed by atoms with E-state index < -0.39 is 11.5 Å². The number of carboxylic acids is 1. The topological polar surface area (TPSA) is 126 Å². The van der Waals surface area contributed by atoms with Crippen LogP contribution >= 0.6 is 0 Å². The molecule has 4 heterocycles. The Morgan fingerprint density at radius 3 is 2.89 bits per heavy atom. The highest BCUT2D eigenvalue weighted by molar-refractivity contribution is 5.93. The summed E-state index contributed by atoms with van der Waals surface area (Å²) >= 11 is 0. The standard InChI is InChI=1S/C18H20N6O4/c1-11-7-15-19-9-14(18(28)24(15)20-11)17(27)22-5-2-6-23-13(10-22)8-12(21-23)3-4-16(25)26/h7-9,20H,2-6,10H2,1H3,(H,25,26). The van der Waals surface area contributed by atoms with Crippen molar-refractivity contribution in [3.63, 3.8) is 0 Å². The highest BCUT2D eigenvalue weighted by atomic mass is 16.4. The second kappa shape index (κ2) is 6.95. The summed E-state index contributed by atoms with van der Waals surface area (Å²) in [6, 6.07) is 3.57. The largest absolute Gasteiger partial charge is 0.481 e. The minimum atomic E-state index is -0.872. The molecule has 1 aliphatic rings. The number of nitrogens with one attached hydrogen (secondary N) is 1. The van der Waals surface area contributed by atoms with Gasteiger partial charge in [0.1, 0.15) is 5.56 Å². The molecule has 28 heavy (non-hydrogen) atoms. The van der Waals surface area contributed by atoms with Gasteiger partial charge in [0.15, 0.2) is 5.65 Å². The van der Waals surface area contributed by atoms with Crippen LogP contribution in [0.3, 0.4) is 0 Å². The first-order valence-electron chi connectivity index (χ1n) is 9.06. The first kappa shape index (κ1) is 18.0. The van der Waals surface area contributed by atoms with Gasteiger partial charge in [-0.15, -0.1) is 0 Å². The summed E-state index contributed by atoms with van der Waals surface area (Å²) in [5.74, 6) is -1.25. The number of H-pyrrole nitrogens is 1. The van der Waals surface area contributed by atoms with Crippen molar-refractivity contribution < 1.29 is 14.7 Å². The maximum Gasteiger partial charge on any atom is 0.303 e. The molecule has 3 aromatic rings. The Morgan fingerprint density at radius 1 is 1.29 bits per heavy atom. The van der Waals surface area contributed by atoms with E-state index in [1.807, 2.05) is 17.7 Å². The third kappa shape index (κ3) is 3.28. The summed E-state index contributed by atoms with van der Waals surface area (Å²) in [7, 11) is 0. The van der Waals surface area contributed by atoms with Gasteiger partial charge in [-0.3, -0.25) is 24.2 Å². The number of carboxylic acid groups (broad SMARTS) is 1. The lowest BCUT2D eigenvalue weighted by atomic mass is 10.2. The van der Waals surface area contributed by atoms with Crippen molar-refractivity contribution in [3.05, 3.63) is 51.3 Å². The number of aromatic nitrogens is 5. The SMILES string of the molecule is Cc1cc2ncc(C(=O)N3CCCn4nc(CCC(=O)O)cc4C3)c(=O)n2[nH]1. The molecule has 0 spiro atoms. The lowest BCUT2D eigenvalue weighted by Gasteiger charge is -2.19. The van der Waals surface area contributed by atoms with Crippen molar-refractivity contribution in [1.82, 2.24) is 29.3 Å². The van der Waals surface area contributed by atoms with Gasteiger partial charge >= 0.3 is 5.97 Å². The van der Waals surface area contributed by atoms with Crippen LogP contribution in [0.4, 0.5) is 0 Å². The maximum absolute atomic E-state index is 13.0. The third-order valence-electron chi connectivity index (χ3n) is 4.80. The summed E-state index contributed by atoms with van der Waals surface area (Å²) in [6.07, 6.45) is 2.37. The monoisotopic (exact) mass is 384 g/mol. The molecule has 0 aromatic carbocycles. The van der Waals surface area contributed by atoms with Crippen molar-refractivity contribution in [3.8, 4) is 0 Å². The Morgan fingerprint density at radius 2 is 2.11 bits per heavy atom. The number of hydrogen-bond donors (Lipinski definition) is 2. The van der Waals surface area contributed by atoms with Gasteiger partial charge in [0.05, 0.1) is 24.4 Å². The number of hydrogen-bond acceptors (Lipinski definition) is 5. The molecule has 0 saturated heterocycles. The molecule has 0 unspecified atom stereocenters. The van der Waals surface area contributed by atoms with Crippen molar-refractivity contribution in [1.29, 1.82) is 0 Å². The molecule has 0 bridgehead atoms. The molecule has 0 atom stereocenters. The van der Waals surface area contributed by atoms with Gasteiger partial charge in [-0.2, -0.15) is 5.10 Å². The molecule has 0 radical (unpaired) electrons. The highest BCUT2D eigenvalue weighted by Gasteiger charge is 2.24. The Labute approximate surface area is 159 Å². The number of amides is 1. The zero-order valence-corrected chi connectivity index (χ0v) is 15.4. The van der Waals surface area contributed by atoms with E-state index in [0.717, 1.165) is 11.4 Å². The molecule has 10 nitrogen and oxygen atoms in total. The predicted molar refractivity (Wildman–Crippen MR) is 98.1 cm³/mol. The smallest absolute Gasteiger partial charge is 0.303 e. The summed E-state index contributed by atoms with van der Waals surface area (Å²) in [4.78, 5) is 42.3. The van der Waals surface area contributed by atoms with Crippen LogP contribution in [-0.4, -0.2) is 52.8 Å². The summed E-state index contributed by atoms with van der Waals surface area (Å²) < 4.78 is 3.09. The van der Waals surface area contributed by atoms with Crippen LogP contribution in [0.5, 0.6) is 0 Å². The molecule has 0 aliphatic carbocycles. The highest BCUT2D eigenvalue weighted by Crippen LogP contribution is 2.16. The van der Waals surface area contributed by atoms with E-state index in [2.05, 4.69) is 15.2 Å². The van der Waals surface area contributed by atoms with Gasteiger partial charge < -0.3 is 10.0 Å². The fraction of sp³-hybridized carbons (Fsp3) is 0.389. The predicted octanol–water partition coefficient (Wildman–Crippen LogP) is 0.591. The van der Waals surface area contributed by atoms with Crippen molar-refractivity contribution in [2.24, 2.45) is 0 Å². The summed E-state index contributed by atoms with van der Waals surface area (Å²) in [5.41, 5.74) is 2.35. The summed E-state index contributed by atoms with van der Waals surface area (Å²) in [6.45, 7) is 3.26. The normalized spacial score (nSPS) is 14.1. The Balaban J connectivity index is 1.59. The van der Waals surface area contributed by atoms with E-state index >= 15 is 0 Å². The van der Waals surface area contributed by atoms with Crippen molar-refractivity contribution >= 4 is 17.5 Å². The molecule has 1 amide bonds. The number of carbonyl (C=O) groups excluding carboxylic acids is 1. The van der Waals surface area contributed by atoms with E-state index in [4.69, 9.17) is 5.11 Å². The number of nitrogens with zero attached hydrogens (tertiary/aromatic N) is 5. The zero-order valence-electron chi connectivity index (χ0n) is 15.4. The third-order valence-corrected chi connectivity index (χ3v) is 4.80. The van der Waals surface area contributed by atoms with E-state index in [1.54, 1.807) is 11.0 Å². The quantitative estimate of drug-likeness (QED) is 0.678. The van der Waals surface area contributed by atoms with Gasteiger partial charge in [-0.05, 0) is 19.4 Å². The van der Waals surface area contributed by atoms with E-state index in [-0.39, 0.29) is 17.9 Å². The van der Waals surface area contributed by atoms with Crippen LogP contribution in [0.1, 0.15) is 40.3 Å². The minimum Gasteiger partial charge on any atom is -0.481 e. The average molecular weight is 384 g/mol. The first-order valence-corrected chi connectivity index (χ1v) is 9.06. The number of fused-ring (bicyclic) bond motifs is 2. The first-order chi connectivity index (χ1) is 13.4. The lowest BCUT2D eigenvalue weighted by molar-refractivity contribution is -0.136. The van der Waals surface area contributed by atoms with E-state index in [1.165, 1.54) is 10.7 Å². The molecule has 0 saturated carbocycles. The molecule has 3 aromatic heterocycles. The molecule has 2 N–H and O–H groups in total. The van der Waals surface area contributed by atoms with Crippen LogP contribution in [-0.2, 0) is 24.3 Å². The van der Waals surface area contributed by atoms with Crippen LogP contribution in [0.15, 0.2) is 23.1 Å². The summed E-state index contributed by atoms with van der Waals surface area (Å²) in [5, 5.41) is 16.2. The van der Waals surface area contributed by atoms with Gasteiger partial charge in [-0.1, -0.05) is 0 Å². The van der Waals surface area contributed by atoms with E-state index in [9.17, 15) is 14.4 Å². The second-order valence-corrected chi connectivity index (χ2v) is 6.93. The Bertz CT molecular complexity index is 1120. The van der Waals surface area contributed by atoms with Crippen LogP contribution in [0, 0.1) is 6.92 Å². The molecule has 0 fully saturated rings. The molecule has 146 valence electrons. The average Bonchev–Trinajstić information content (AvgIpc) is 3.16. The number of carbonyl (C=O) groups is 2. The maximum atomic E-state index is 13.0. The molecular formula is C18H20N6O4. The van der Waals surface area contributed by atoms with Gasteiger partial charge in [-0.25, -0.2) is 9.50 Å². The Kier molecular flexibility index (Phi) is 4.46.